The van der Waals surface area contributed by atoms with Crippen LogP contribution in [0.1, 0.15) is 16.7 Å². The zero-order chi connectivity index (χ0) is 16.5. The summed E-state index contributed by atoms with van der Waals surface area (Å²) >= 11 is 0. The predicted molar refractivity (Wildman–Crippen MR) is 105 cm³/mol. The Balaban J connectivity index is 1.96. The van der Waals surface area contributed by atoms with Crippen LogP contribution in [0.2, 0.25) is 0 Å². The Kier molecular flexibility index (Phi) is 3.62. The van der Waals surface area contributed by atoms with Crippen molar-refractivity contribution in [3.8, 4) is 0 Å². The van der Waals surface area contributed by atoms with Crippen molar-refractivity contribution in [2.45, 2.75) is 13.8 Å². The number of benzene rings is 4. The Morgan fingerprint density at radius 3 is 2.00 bits per heavy atom. The summed E-state index contributed by atoms with van der Waals surface area (Å²) in [6.07, 6.45) is 2.02. The second-order valence-corrected chi connectivity index (χ2v) is 6.28. The maximum atomic E-state index is 4.81. The van der Waals surface area contributed by atoms with Gasteiger partial charge in [-0.2, -0.15) is 0 Å². The van der Waals surface area contributed by atoms with Crippen LogP contribution in [0.3, 0.4) is 0 Å². The second-order valence-electron chi connectivity index (χ2n) is 6.28. The van der Waals surface area contributed by atoms with E-state index in [0.29, 0.717) is 0 Å². The van der Waals surface area contributed by atoms with E-state index in [2.05, 4.69) is 86.6 Å². The van der Waals surface area contributed by atoms with Crippen molar-refractivity contribution in [3.63, 3.8) is 0 Å². The molecule has 0 aliphatic heterocycles. The number of fused-ring (bicyclic) bond motifs is 2. The molecule has 4 aromatic rings. The summed E-state index contributed by atoms with van der Waals surface area (Å²) in [7, 11) is 0. The highest BCUT2D eigenvalue weighted by Crippen LogP contribution is 2.28. The quantitative estimate of drug-likeness (QED) is 0.302. The first-order valence-electron chi connectivity index (χ1n) is 8.24. The van der Waals surface area contributed by atoms with E-state index in [1.54, 1.807) is 0 Å². The van der Waals surface area contributed by atoms with Gasteiger partial charge in [0.1, 0.15) is 0 Å². The molecule has 1 heteroatoms. The lowest BCUT2D eigenvalue weighted by atomic mass is 9.97. The minimum absolute atomic E-state index is 1.03. The van der Waals surface area contributed by atoms with Gasteiger partial charge in [0.2, 0.25) is 0 Å². The molecule has 0 radical (unpaired) electrons. The lowest BCUT2D eigenvalue weighted by Gasteiger charge is -2.08. The molecule has 0 aromatic heterocycles. The van der Waals surface area contributed by atoms with Gasteiger partial charge in [-0.1, -0.05) is 60.7 Å². The minimum atomic E-state index is 1.03. The van der Waals surface area contributed by atoms with Gasteiger partial charge in [0, 0.05) is 11.8 Å². The average Bonchev–Trinajstić information content (AvgIpc) is 2.61. The fourth-order valence-electron chi connectivity index (χ4n) is 3.18. The fraction of sp³-hybridized carbons (Fsp3) is 0.0870. The van der Waals surface area contributed by atoms with Gasteiger partial charge in [0.25, 0.3) is 0 Å². The van der Waals surface area contributed by atoms with Crippen molar-refractivity contribution in [2.75, 3.05) is 0 Å². The van der Waals surface area contributed by atoms with Gasteiger partial charge < -0.3 is 0 Å². The first-order chi connectivity index (χ1) is 11.7. The molecule has 0 atom stereocenters. The molecule has 0 bridgehead atoms. The molecule has 4 rings (SSSR count). The maximum Gasteiger partial charge on any atom is 0.0661 e. The lowest BCUT2D eigenvalue weighted by molar-refractivity contribution is 1.36. The molecule has 0 N–H and O–H groups in total. The summed E-state index contributed by atoms with van der Waals surface area (Å²) in [5, 5.41) is 4.98. The highest BCUT2D eigenvalue weighted by molar-refractivity contribution is 6.13. The topological polar surface area (TPSA) is 12.4 Å². The molecule has 0 fully saturated rings. The highest BCUT2D eigenvalue weighted by atomic mass is 14.7. The number of rotatable bonds is 2. The monoisotopic (exact) mass is 309 g/mol. The van der Waals surface area contributed by atoms with Crippen LogP contribution < -0.4 is 0 Å². The van der Waals surface area contributed by atoms with Crippen molar-refractivity contribution in [3.05, 3.63) is 89.5 Å². The fourth-order valence-corrected chi connectivity index (χ4v) is 3.18. The summed E-state index contributed by atoms with van der Waals surface area (Å²) in [6, 6.07) is 25.7. The Morgan fingerprint density at radius 2 is 1.33 bits per heavy atom. The molecule has 0 saturated heterocycles. The third-order valence-corrected chi connectivity index (χ3v) is 4.51. The van der Waals surface area contributed by atoms with E-state index in [1.807, 2.05) is 6.21 Å². The molecule has 0 unspecified atom stereocenters. The van der Waals surface area contributed by atoms with Gasteiger partial charge in [-0.3, -0.25) is 4.99 Å². The molecular weight excluding hydrogens is 290 g/mol. The molecule has 0 amide bonds. The van der Waals surface area contributed by atoms with E-state index in [9.17, 15) is 0 Å². The first kappa shape index (κ1) is 14.6. The van der Waals surface area contributed by atoms with Crippen LogP contribution in [0.4, 0.5) is 5.69 Å². The average molecular weight is 309 g/mol. The molecule has 24 heavy (non-hydrogen) atoms. The predicted octanol–water partition coefficient (Wildman–Crippen LogP) is 6.36. The van der Waals surface area contributed by atoms with Gasteiger partial charge in [-0.25, -0.2) is 0 Å². The number of hydrogen-bond donors (Lipinski definition) is 0. The number of hydrogen-bond acceptors (Lipinski definition) is 1. The van der Waals surface area contributed by atoms with Crippen LogP contribution in [-0.4, -0.2) is 6.21 Å². The first-order valence-corrected chi connectivity index (χ1v) is 8.24. The van der Waals surface area contributed by atoms with Crippen LogP contribution in [0.15, 0.2) is 77.8 Å². The summed E-state index contributed by atoms with van der Waals surface area (Å²) in [5.74, 6) is 0. The standard InChI is InChI=1S/C23H19N/c1-16-11-12-17(2)23(13-16)24-15-22-20-9-5-3-7-18(20)14-19-8-4-6-10-21(19)22/h3-15H,1-2H3. The van der Waals surface area contributed by atoms with Crippen LogP contribution in [-0.2, 0) is 0 Å². The molecule has 0 saturated carbocycles. The van der Waals surface area contributed by atoms with E-state index < -0.39 is 0 Å². The van der Waals surface area contributed by atoms with Crippen molar-refractivity contribution in [1.82, 2.24) is 0 Å². The Labute approximate surface area is 142 Å². The van der Waals surface area contributed by atoms with Crippen LogP contribution >= 0.6 is 0 Å². The molecule has 0 aliphatic rings. The highest BCUT2D eigenvalue weighted by Gasteiger charge is 2.05. The minimum Gasteiger partial charge on any atom is -0.256 e. The molecule has 1 nitrogen and oxygen atoms in total. The number of aliphatic imine (C=N–C) groups is 1. The molecule has 4 aromatic carbocycles. The third kappa shape index (κ3) is 2.59. The third-order valence-electron chi connectivity index (χ3n) is 4.51. The summed E-state index contributed by atoms with van der Waals surface area (Å²) < 4.78 is 0. The van der Waals surface area contributed by atoms with Crippen molar-refractivity contribution in [1.29, 1.82) is 0 Å². The van der Waals surface area contributed by atoms with Gasteiger partial charge >= 0.3 is 0 Å². The van der Waals surface area contributed by atoms with E-state index in [0.717, 1.165) is 5.69 Å². The van der Waals surface area contributed by atoms with Crippen LogP contribution in [0, 0.1) is 13.8 Å². The SMILES string of the molecule is Cc1ccc(C)c(N=Cc2c3ccccc3cc3ccccc23)c1. The van der Waals surface area contributed by atoms with Gasteiger partial charge in [0.05, 0.1) is 5.69 Å². The molecule has 0 spiro atoms. The lowest BCUT2D eigenvalue weighted by Crippen LogP contribution is -1.88. The molecule has 0 aliphatic carbocycles. The maximum absolute atomic E-state index is 4.81. The van der Waals surface area contributed by atoms with Crippen molar-refractivity contribution >= 4 is 33.4 Å². The van der Waals surface area contributed by atoms with Crippen LogP contribution in [0.5, 0.6) is 0 Å². The van der Waals surface area contributed by atoms with E-state index >= 15 is 0 Å². The molecular formula is C23H19N. The summed E-state index contributed by atoms with van der Waals surface area (Å²) in [4.78, 5) is 4.81. The largest absolute Gasteiger partial charge is 0.256 e. The van der Waals surface area contributed by atoms with Crippen molar-refractivity contribution in [2.24, 2.45) is 4.99 Å². The van der Waals surface area contributed by atoms with Gasteiger partial charge in [0.15, 0.2) is 0 Å². The van der Waals surface area contributed by atoms with Gasteiger partial charge in [-0.05, 0) is 58.7 Å². The Hall–Kier alpha value is -2.93. The van der Waals surface area contributed by atoms with E-state index in [4.69, 9.17) is 4.99 Å². The molecule has 116 valence electrons. The zero-order valence-electron chi connectivity index (χ0n) is 14.0. The normalized spacial score (nSPS) is 11.6. The Bertz CT molecular complexity index is 1020. The smallest absolute Gasteiger partial charge is 0.0661 e. The van der Waals surface area contributed by atoms with E-state index in [-0.39, 0.29) is 0 Å². The summed E-state index contributed by atoms with van der Waals surface area (Å²) in [5.41, 5.74) is 4.65. The Morgan fingerprint density at radius 1 is 0.708 bits per heavy atom. The van der Waals surface area contributed by atoms with Crippen LogP contribution in [0.25, 0.3) is 21.5 Å². The van der Waals surface area contributed by atoms with Gasteiger partial charge in [-0.15, -0.1) is 0 Å². The number of aryl methyl sites for hydroxylation is 2. The number of nitrogens with zero attached hydrogens (tertiary/aromatic N) is 1. The second kappa shape index (κ2) is 5.93. The molecule has 0 heterocycles. The zero-order valence-corrected chi connectivity index (χ0v) is 14.0. The van der Waals surface area contributed by atoms with E-state index in [1.165, 1.54) is 38.2 Å². The summed E-state index contributed by atoms with van der Waals surface area (Å²) in [6.45, 7) is 4.21. The van der Waals surface area contributed by atoms with Crippen molar-refractivity contribution < 1.29 is 0 Å².